The lowest BCUT2D eigenvalue weighted by Crippen LogP contribution is -2.50. The smallest absolute Gasteiger partial charge is 0.199 e. The number of benzene rings is 2. The van der Waals surface area contributed by atoms with E-state index in [2.05, 4.69) is 13.1 Å². The molecule has 2 aromatic carbocycles. The van der Waals surface area contributed by atoms with Gasteiger partial charge in [0.05, 0.1) is 5.97 Å². The molecule has 35 heavy (non-hydrogen) atoms. The molecule has 182 valence electrons. The highest BCUT2D eigenvalue weighted by atomic mass is 28.3. The first-order chi connectivity index (χ1) is 16.3. The van der Waals surface area contributed by atoms with Gasteiger partial charge in [-0.15, -0.1) is 0 Å². The van der Waals surface area contributed by atoms with Crippen LogP contribution in [0.4, 0.5) is 18.9 Å². The normalized spacial score (nSPS) is 16.1. The Morgan fingerprint density at radius 2 is 1.69 bits per heavy atom. The van der Waals surface area contributed by atoms with Crippen LogP contribution in [0, 0.1) is 24.4 Å². The average molecular weight is 497 g/mol. The van der Waals surface area contributed by atoms with Gasteiger partial charge in [0, 0.05) is 48.6 Å². The number of fused-ring (bicyclic) bond motifs is 2. The molecule has 0 N–H and O–H groups in total. The van der Waals surface area contributed by atoms with Crippen molar-refractivity contribution in [1.82, 2.24) is 0 Å². The summed E-state index contributed by atoms with van der Waals surface area (Å²) < 4.78 is 47.1. The van der Waals surface area contributed by atoms with Crippen molar-refractivity contribution in [1.29, 1.82) is 0 Å². The zero-order valence-corrected chi connectivity index (χ0v) is 21.8. The molecule has 0 spiro atoms. The van der Waals surface area contributed by atoms with Crippen LogP contribution in [0.2, 0.25) is 13.1 Å². The number of nitrogens with zero attached hydrogens (tertiary/aromatic N) is 2. The number of anilines is 1. The predicted molar refractivity (Wildman–Crippen MR) is 134 cm³/mol. The largest absolute Gasteiger partial charge is 0.545 e. The number of carbonyl (C=O) groups excluding carboxylic acids is 1. The van der Waals surface area contributed by atoms with E-state index in [0.29, 0.717) is 11.1 Å². The van der Waals surface area contributed by atoms with Gasteiger partial charge in [-0.25, -0.2) is 17.7 Å². The standard InChI is InChI=1S/C27H27F3N2O2Si/c1-14-24(28)22(23(27(33)34)26(30)25(14)29)21-17-10-8-15(31(2)3)12-19(17)35(6,7)20-13-16(32(4)5)9-11-18(20)21/h8-13H,1-7H3. The molecule has 0 saturated carbocycles. The van der Waals surface area contributed by atoms with Crippen LogP contribution in [0.5, 0.6) is 0 Å². The molecule has 0 amide bonds. The van der Waals surface area contributed by atoms with Crippen LogP contribution in [0.15, 0.2) is 47.2 Å². The Labute approximate surface area is 204 Å². The fourth-order valence-electron chi connectivity index (χ4n) is 4.85. The van der Waals surface area contributed by atoms with Crippen LogP contribution in [-0.2, 0) is 0 Å². The maximum Gasteiger partial charge on any atom is 0.199 e. The fourth-order valence-corrected chi connectivity index (χ4v) is 7.93. The maximum atomic E-state index is 15.7. The van der Waals surface area contributed by atoms with Gasteiger partial charge in [0.15, 0.2) is 17.3 Å². The number of carboxylic acids is 1. The molecule has 1 aliphatic carbocycles. The molecule has 0 saturated heterocycles. The van der Waals surface area contributed by atoms with Gasteiger partial charge in [-0.1, -0.05) is 19.2 Å². The lowest BCUT2D eigenvalue weighted by molar-refractivity contribution is -0.462. The second-order valence-corrected chi connectivity index (χ2v) is 14.2. The number of carbonyl (C=O) groups is 1. The van der Waals surface area contributed by atoms with E-state index < -0.39 is 48.2 Å². The second-order valence-electron chi connectivity index (χ2n) is 9.85. The van der Waals surface area contributed by atoms with Crippen molar-refractivity contribution in [3.8, 4) is 0 Å². The summed E-state index contributed by atoms with van der Waals surface area (Å²) in [5, 5.41) is 13.9. The Balaban J connectivity index is 2.24. The summed E-state index contributed by atoms with van der Waals surface area (Å²) in [6.45, 7) is 5.45. The first kappa shape index (κ1) is 24.7. The van der Waals surface area contributed by atoms with Gasteiger partial charge >= 0.3 is 0 Å². The van der Waals surface area contributed by atoms with Gasteiger partial charge in [-0.3, -0.25) is 0 Å². The number of carboxylic acid groups (broad SMARTS) is 1. The molecule has 0 bridgehead atoms. The molecular formula is C27H27F3N2O2Si. The molecule has 2 aromatic rings. The molecule has 0 fully saturated rings. The summed E-state index contributed by atoms with van der Waals surface area (Å²) in [7, 11) is 5.26. The molecule has 1 aliphatic heterocycles. The number of allylic oxidation sites excluding steroid dienone is 5. The van der Waals surface area contributed by atoms with E-state index in [1.165, 1.54) is 0 Å². The van der Waals surface area contributed by atoms with Gasteiger partial charge in [-0.05, 0) is 52.2 Å². The van der Waals surface area contributed by atoms with E-state index in [1.54, 1.807) is 0 Å². The number of halogens is 3. The molecule has 2 aliphatic rings. The van der Waals surface area contributed by atoms with Crippen LogP contribution >= 0.6 is 0 Å². The van der Waals surface area contributed by atoms with Crippen LogP contribution in [0.1, 0.15) is 27.0 Å². The monoisotopic (exact) mass is 496 g/mol. The zero-order valence-electron chi connectivity index (χ0n) is 20.8. The van der Waals surface area contributed by atoms with Crippen LogP contribution in [0.3, 0.4) is 0 Å². The van der Waals surface area contributed by atoms with E-state index >= 15 is 4.39 Å². The van der Waals surface area contributed by atoms with Crippen molar-refractivity contribution in [3.05, 3.63) is 86.9 Å². The van der Waals surface area contributed by atoms with Crippen molar-refractivity contribution in [2.75, 3.05) is 33.1 Å². The lowest BCUT2D eigenvalue weighted by Gasteiger charge is -2.38. The van der Waals surface area contributed by atoms with Crippen LogP contribution in [-0.4, -0.2) is 52.5 Å². The highest BCUT2D eigenvalue weighted by Crippen LogP contribution is 2.44. The topological polar surface area (TPSA) is 46.4 Å². The minimum atomic E-state index is -2.39. The first-order valence-corrected chi connectivity index (χ1v) is 14.2. The summed E-state index contributed by atoms with van der Waals surface area (Å²) >= 11 is 0. The van der Waals surface area contributed by atoms with E-state index in [9.17, 15) is 18.7 Å². The Morgan fingerprint density at radius 1 is 1.03 bits per heavy atom. The van der Waals surface area contributed by atoms with Crippen molar-refractivity contribution in [2.24, 2.45) is 0 Å². The molecular weight excluding hydrogens is 469 g/mol. The SMILES string of the molecule is Cc1c(F)c(F)c(C(=O)[O-])c(C2=C3C=CC(=[N+](C)C)C=C3[Si](C)(C)c3cc(N(C)C)ccc32)c1F. The summed E-state index contributed by atoms with van der Waals surface area (Å²) in [4.78, 5) is 14.0. The molecule has 8 heteroatoms. The third-order valence-corrected chi connectivity index (χ3v) is 10.4. The molecule has 0 aromatic heterocycles. The van der Waals surface area contributed by atoms with Crippen molar-refractivity contribution < 1.29 is 27.6 Å². The Hall–Kier alpha value is -3.39. The Bertz CT molecular complexity index is 1430. The van der Waals surface area contributed by atoms with E-state index in [0.717, 1.165) is 28.7 Å². The highest BCUT2D eigenvalue weighted by molar-refractivity contribution is 6.98. The Kier molecular flexibility index (Phi) is 5.91. The third kappa shape index (κ3) is 3.67. The van der Waals surface area contributed by atoms with Gasteiger partial charge in [0.2, 0.25) is 0 Å². The minimum Gasteiger partial charge on any atom is -0.545 e. The van der Waals surface area contributed by atoms with E-state index in [1.807, 2.05) is 74.1 Å². The maximum absolute atomic E-state index is 15.7. The quantitative estimate of drug-likeness (QED) is 0.372. The summed E-state index contributed by atoms with van der Waals surface area (Å²) in [6, 6.07) is 5.69. The number of rotatable bonds is 3. The number of aromatic carboxylic acids is 1. The second kappa shape index (κ2) is 8.37. The van der Waals surface area contributed by atoms with E-state index in [4.69, 9.17) is 0 Å². The van der Waals surface area contributed by atoms with Gasteiger partial charge in [0.1, 0.15) is 28.0 Å². The lowest BCUT2D eigenvalue weighted by atomic mass is 9.85. The van der Waals surface area contributed by atoms with Crippen molar-refractivity contribution >= 4 is 36.2 Å². The average Bonchev–Trinajstić information content (AvgIpc) is 2.80. The Morgan fingerprint density at radius 3 is 2.26 bits per heavy atom. The third-order valence-electron chi connectivity index (χ3n) is 6.92. The van der Waals surface area contributed by atoms with E-state index in [-0.39, 0.29) is 5.57 Å². The minimum absolute atomic E-state index is 0.233. The predicted octanol–water partition coefficient (Wildman–Crippen LogP) is 3.32. The first-order valence-electron chi connectivity index (χ1n) is 11.2. The molecule has 4 rings (SSSR count). The van der Waals surface area contributed by atoms with Crippen molar-refractivity contribution in [3.63, 3.8) is 0 Å². The highest BCUT2D eigenvalue weighted by Gasteiger charge is 2.42. The number of hydrogen-bond donors (Lipinski definition) is 0. The van der Waals surface area contributed by atoms with Crippen LogP contribution < -0.4 is 15.2 Å². The fraction of sp³-hybridized carbons (Fsp3) is 0.259. The van der Waals surface area contributed by atoms with Crippen LogP contribution in [0.25, 0.3) is 5.57 Å². The summed E-state index contributed by atoms with van der Waals surface area (Å²) in [6.07, 6.45) is 5.69. The van der Waals surface area contributed by atoms with Gasteiger partial charge in [-0.2, -0.15) is 0 Å². The summed E-state index contributed by atoms with van der Waals surface area (Å²) in [5.74, 6) is -6.22. The number of hydrogen-bond acceptors (Lipinski definition) is 3. The molecule has 0 atom stereocenters. The van der Waals surface area contributed by atoms with Gasteiger partial charge in [0.25, 0.3) is 0 Å². The van der Waals surface area contributed by atoms with Gasteiger partial charge < -0.3 is 14.8 Å². The van der Waals surface area contributed by atoms with Crippen molar-refractivity contribution in [2.45, 2.75) is 20.0 Å². The summed E-state index contributed by atoms with van der Waals surface area (Å²) in [5.41, 5.74) is 1.16. The zero-order chi connectivity index (χ0) is 26.0. The molecule has 0 radical (unpaired) electrons. The molecule has 1 heterocycles. The molecule has 0 unspecified atom stereocenters. The molecule has 4 nitrogen and oxygen atoms in total.